The van der Waals surface area contributed by atoms with Gasteiger partial charge in [-0.05, 0) is 109 Å². The summed E-state index contributed by atoms with van der Waals surface area (Å²) in [7, 11) is -1.83. The molecule has 3 aliphatic rings. The van der Waals surface area contributed by atoms with Crippen molar-refractivity contribution in [1.29, 1.82) is 10.5 Å². The first-order valence-electron chi connectivity index (χ1n) is 12.5. The predicted octanol–water partition coefficient (Wildman–Crippen LogP) is 7.83. The Kier molecular flexibility index (Phi) is 6.13. The van der Waals surface area contributed by atoms with Gasteiger partial charge in [0.2, 0.25) is 8.32 Å². The van der Waals surface area contributed by atoms with Crippen LogP contribution < -0.4 is 4.43 Å². The van der Waals surface area contributed by atoms with E-state index in [2.05, 4.69) is 65.1 Å². The van der Waals surface area contributed by atoms with E-state index in [9.17, 15) is 0 Å². The van der Waals surface area contributed by atoms with E-state index in [1.165, 1.54) is 36.8 Å². The first-order chi connectivity index (χ1) is 15.5. The van der Waals surface area contributed by atoms with Crippen LogP contribution in [0.3, 0.4) is 0 Å². The Morgan fingerprint density at radius 1 is 1.12 bits per heavy atom. The molecule has 0 N–H and O–H groups in total. The molecule has 3 aliphatic carbocycles. The zero-order chi connectivity index (χ0) is 24.0. The average molecular weight is 459 g/mol. The minimum Gasteiger partial charge on any atom is -0.543 e. The number of aryl methyl sites for hydroxylation is 1. The van der Waals surface area contributed by atoms with Crippen molar-refractivity contribution in [3.63, 3.8) is 0 Å². The van der Waals surface area contributed by atoms with Crippen LogP contribution in [0.15, 0.2) is 41.5 Å². The standard InChI is InChI=1S/C29H38N2OSi/c1-28(2,3)33(5,6)32-23-11-13-24-21(17-23)8-12-26-25(24)15-16-29(4)22(10-14-27(26)29)9-7-20(18-30)19-31/h7,9,11,13,17,25-27H,8,10,12,14-16H2,1-6H3/b22-9+/t25-,26-,27+,29-/m1/s1. The van der Waals surface area contributed by atoms with Crippen molar-refractivity contribution < 1.29 is 4.43 Å². The Labute approximate surface area is 201 Å². The van der Waals surface area contributed by atoms with Gasteiger partial charge in [0.1, 0.15) is 23.5 Å². The molecule has 0 aromatic heterocycles. The molecular weight excluding hydrogens is 420 g/mol. The summed E-state index contributed by atoms with van der Waals surface area (Å²) < 4.78 is 6.61. The molecule has 4 atom stereocenters. The first-order valence-corrected chi connectivity index (χ1v) is 15.4. The minimum absolute atomic E-state index is 0.200. The van der Waals surface area contributed by atoms with E-state index >= 15 is 0 Å². The van der Waals surface area contributed by atoms with Gasteiger partial charge in [0.15, 0.2) is 0 Å². The largest absolute Gasteiger partial charge is 0.543 e. The van der Waals surface area contributed by atoms with Crippen LogP contribution in [0.1, 0.15) is 76.8 Å². The Morgan fingerprint density at radius 3 is 2.52 bits per heavy atom. The molecule has 33 heavy (non-hydrogen) atoms. The van der Waals surface area contributed by atoms with Crippen LogP contribution in [0.2, 0.25) is 18.1 Å². The number of benzene rings is 1. The third-order valence-electron chi connectivity index (χ3n) is 9.42. The van der Waals surface area contributed by atoms with Crippen LogP contribution in [0.4, 0.5) is 0 Å². The van der Waals surface area contributed by atoms with Crippen LogP contribution in [0, 0.1) is 39.9 Å². The number of rotatable bonds is 3. The van der Waals surface area contributed by atoms with Gasteiger partial charge >= 0.3 is 0 Å². The maximum Gasteiger partial charge on any atom is 0.250 e. The van der Waals surface area contributed by atoms with Gasteiger partial charge in [0.25, 0.3) is 0 Å². The highest BCUT2D eigenvalue weighted by molar-refractivity contribution is 6.74. The Balaban J connectivity index is 1.56. The number of fused-ring (bicyclic) bond motifs is 5. The lowest BCUT2D eigenvalue weighted by molar-refractivity contribution is 0.0814. The molecule has 174 valence electrons. The third-order valence-corrected chi connectivity index (χ3v) is 13.8. The molecule has 0 saturated heterocycles. The summed E-state index contributed by atoms with van der Waals surface area (Å²) in [5.74, 6) is 3.13. The summed E-state index contributed by atoms with van der Waals surface area (Å²) in [6.45, 7) is 14.0. The topological polar surface area (TPSA) is 56.8 Å². The minimum atomic E-state index is -1.83. The SMILES string of the molecule is CC(C)(C)[Si](C)(C)Oc1ccc2c(c1)CC[C@@H]1[C@@H]2CC[C@]2(C)/C(=C/C=C(C#N)C#N)CC[C@@H]12. The summed E-state index contributed by atoms with van der Waals surface area (Å²) in [4.78, 5) is 0. The van der Waals surface area contributed by atoms with Crippen molar-refractivity contribution >= 4 is 8.32 Å². The van der Waals surface area contributed by atoms with Crippen LogP contribution in [-0.2, 0) is 6.42 Å². The molecule has 0 heterocycles. The summed E-state index contributed by atoms with van der Waals surface area (Å²) in [5, 5.41) is 18.4. The van der Waals surface area contributed by atoms with E-state index in [4.69, 9.17) is 14.9 Å². The molecule has 0 unspecified atom stereocenters. The maximum atomic E-state index is 9.09. The Hall–Kier alpha value is -2.30. The number of nitriles is 2. The number of nitrogens with zero attached hydrogens (tertiary/aromatic N) is 2. The zero-order valence-corrected chi connectivity index (χ0v) is 22.2. The van der Waals surface area contributed by atoms with Crippen molar-refractivity contribution in [2.75, 3.05) is 0 Å². The summed E-state index contributed by atoms with van der Waals surface area (Å²) in [6, 6.07) is 10.9. The molecule has 0 radical (unpaired) electrons. The molecule has 3 nitrogen and oxygen atoms in total. The molecule has 1 aromatic carbocycles. The molecule has 4 rings (SSSR count). The van der Waals surface area contributed by atoms with Crippen LogP contribution >= 0.6 is 0 Å². The number of hydrogen-bond donors (Lipinski definition) is 0. The second kappa shape index (κ2) is 8.48. The van der Waals surface area contributed by atoms with Crippen molar-refractivity contribution in [2.45, 2.75) is 90.3 Å². The normalized spacial score (nSPS) is 29.8. The van der Waals surface area contributed by atoms with Crippen LogP contribution in [-0.4, -0.2) is 8.32 Å². The van der Waals surface area contributed by atoms with Gasteiger partial charge in [-0.2, -0.15) is 10.5 Å². The van der Waals surface area contributed by atoms with E-state index in [0.29, 0.717) is 11.8 Å². The molecule has 1 aromatic rings. The maximum absolute atomic E-state index is 9.09. The van der Waals surface area contributed by atoms with Gasteiger partial charge in [-0.3, -0.25) is 0 Å². The Morgan fingerprint density at radius 2 is 1.85 bits per heavy atom. The summed E-state index contributed by atoms with van der Waals surface area (Å²) in [6.07, 6.45) is 10.9. The van der Waals surface area contributed by atoms with Gasteiger partial charge in [-0.15, -0.1) is 0 Å². The second-order valence-electron chi connectivity index (χ2n) is 12.1. The lowest BCUT2D eigenvalue weighted by Crippen LogP contribution is -2.44. The third kappa shape index (κ3) is 4.19. The van der Waals surface area contributed by atoms with Gasteiger partial charge in [-0.1, -0.05) is 45.4 Å². The van der Waals surface area contributed by atoms with E-state index in [0.717, 1.165) is 24.5 Å². The lowest BCUT2D eigenvalue weighted by atomic mass is 9.55. The first kappa shape index (κ1) is 23.8. The number of allylic oxidation sites excluding steroid dienone is 4. The molecule has 0 amide bonds. The van der Waals surface area contributed by atoms with Crippen molar-refractivity contribution in [1.82, 2.24) is 0 Å². The monoisotopic (exact) mass is 458 g/mol. The number of hydrogen-bond acceptors (Lipinski definition) is 3. The van der Waals surface area contributed by atoms with Gasteiger partial charge < -0.3 is 4.43 Å². The highest BCUT2D eigenvalue weighted by Crippen LogP contribution is 2.63. The molecule has 2 saturated carbocycles. The quantitative estimate of drug-likeness (QED) is 0.342. The molecule has 4 heteroatoms. The average Bonchev–Trinajstić information content (AvgIpc) is 3.09. The fraction of sp³-hybridized carbons (Fsp3) is 0.586. The smallest absolute Gasteiger partial charge is 0.250 e. The van der Waals surface area contributed by atoms with Gasteiger partial charge in [0.05, 0.1) is 0 Å². The van der Waals surface area contributed by atoms with Gasteiger partial charge in [-0.25, -0.2) is 0 Å². The fourth-order valence-electron chi connectivity index (χ4n) is 6.48. The van der Waals surface area contributed by atoms with Crippen LogP contribution in [0.5, 0.6) is 5.75 Å². The summed E-state index contributed by atoms with van der Waals surface area (Å²) in [5.41, 5.74) is 4.91. The van der Waals surface area contributed by atoms with E-state index < -0.39 is 8.32 Å². The molecular formula is C29H38N2OSi. The Bertz CT molecular complexity index is 1060. The highest BCUT2D eigenvalue weighted by Gasteiger charge is 2.52. The van der Waals surface area contributed by atoms with Crippen molar-refractivity contribution in [2.24, 2.45) is 17.3 Å². The molecule has 0 spiro atoms. The van der Waals surface area contributed by atoms with E-state index in [1.54, 1.807) is 11.6 Å². The highest BCUT2D eigenvalue weighted by atomic mass is 28.4. The van der Waals surface area contributed by atoms with Crippen molar-refractivity contribution in [3.8, 4) is 17.9 Å². The molecule has 0 aliphatic heterocycles. The van der Waals surface area contributed by atoms with Gasteiger partial charge in [0, 0.05) is 0 Å². The molecule has 2 fully saturated rings. The van der Waals surface area contributed by atoms with Crippen LogP contribution in [0.25, 0.3) is 0 Å². The second-order valence-corrected chi connectivity index (χ2v) is 16.9. The fourth-order valence-corrected chi connectivity index (χ4v) is 7.50. The molecule has 0 bridgehead atoms. The van der Waals surface area contributed by atoms with E-state index in [-0.39, 0.29) is 16.0 Å². The van der Waals surface area contributed by atoms with Crippen molar-refractivity contribution in [3.05, 3.63) is 52.6 Å². The zero-order valence-electron chi connectivity index (χ0n) is 21.2. The predicted molar refractivity (Wildman–Crippen MR) is 136 cm³/mol. The van der Waals surface area contributed by atoms with E-state index in [1.807, 2.05) is 12.1 Å². The summed E-state index contributed by atoms with van der Waals surface area (Å²) >= 11 is 0. The lowest BCUT2D eigenvalue weighted by Gasteiger charge is -2.49.